The molecule has 0 spiro atoms. The van der Waals surface area contributed by atoms with Crippen molar-refractivity contribution < 1.29 is 4.79 Å². The molecule has 3 heterocycles. The highest BCUT2D eigenvalue weighted by Gasteiger charge is 2.25. The van der Waals surface area contributed by atoms with E-state index in [2.05, 4.69) is 29.2 Å². The van der Waals surface area contributed by atoms with Gasteiger partial charge in [0, 0.05) is 23.6 Å². The van der Waals surface area contributed by atoms with E-state index in [9.17, 15) is 4.79 Å². The van der Waals surface area contributed by atoms with E-state index in [0.717, 1.165) is 57.1 Å². The van der Waals surface area contributed by atoms with Crippen LogP contribution in [0.3, 0.4) is 0 Å². The van der Waals surface area contributed by atoms with Crippen LogP contribution in [0.25, 0.3) is 10.1 Å². The van der Waals surface area contributed by atoms with Crippen LogP contribution >= 0.6 is 23.3 Å². The van der Waals surface area contributed by atoms with E-state index in [4.69, 9.17) is 10.1 Å². The molecule has 28 heavy (non-hydrogen) atoms. The summed E-state index contributed by atoms with van der Waals surface area (Å²) in [4.78, 5) is 16.7. The van der Waals surface area contributed by atoms with Crippen LogP contribution in [0.15, 0.2) is 24.3 Å². The molecule has 1 aromatic heterocycles. The predicted molar refractivity (Wildman–Crippen MR) is 119 cm³/mol. The Morgan fingerprint density at radius 3 is 2.82 bits per heavy atom. The van der Waals surface area contributed by atoms with Crippen LogP contribution < -0.4 is 5.73 Å². The number of aromatic nitrogens is 1. The van der Waals surface area contributed by atoms with Crippen LogP contribution in [-0.4, -0.2) is 63.9 Å². The van der Waals surface area contributed by atoms with Gasteiger partial charge in [0.15, 0.2) is 0 Å². The third-order valence-corrected chi connectivity index (χ3v) is 7.81. The Morgan fingerprint density at radius 2 is 2.04 bits per heavy atom. The van der Waals surface area contributed by atoms with E-state index in [1.807, 2.05) is 16.7 Å². The number of rotatable bonds is 7. The molecule has 5 nitrogen and oxygen atoms in total. The second-order valence-corrected chi connectivity index (χ2v) is 9.80. The van der Waals surface area contributed by atoms with Gasteiger partial charge in [0.2, 0.25) is 5.91 Å². The summed E-state index contributed by atoms with van der Waals surface area (Å²) in [6.45, 7) is 4.27. The summed E-state index contributed by atoms with van der Waals surface area (Å²) in [5, 5.41) is 1.35. The largest absolute Gasteiger partial charge is 0.331 e. The Hall–Kier alpha value is -1.15. The minimum absolute atomic E-state index is 0.140. The summed E-state index contributed by atoms with van der Waals surface area (Å²) < 4.78 is 6.06. The summed E-state index contributed by atoms with van der Waals surface area (Å²) in [6, 6.07) is 8.28. The topological polar surface area (TPSA) is 62.5 Å². The molecule has 7 heteroatoms. The number of piperidine rings is 1. The van der Waals surface area contributed by atoms with Gasteiger partial charge >= 0.3 is 0 Å². The Labute approximate surface area is 175 Å². The number of nitrogens with two attached hydrogens (primary N) is 1. The van der Waals surface area contributed by atoms with Crippen molar-refractivity contribution in [3.05, 3.63) is 30.0 Å². The molecule has 2 aliphatic rings. The van der Waals surface area contributed by atoms with Gasteiger partial charge in [0.25, 0.3) is 0 Å². The lowest BCUT2D eigenvalue weighted by molar-refractivity contribution is -0.131. The van der Waals surface area contributed by atoms with E-state index in [-0.39, 0.29) is 11.9 Å². The number of carbonyl (C=O) groups is 1. The Bertz CT molecular complexity index is 782. The molecule has 0 saturated carbocycles. The first-order chi connectivity index (χ1) is 13.7. The standard InChI is InChI=1S/C21H30N4OS2/c22-18(21(26)25-13-14-27-15-25)6-3-4-10-24-11-8-16(9-12-24)20-17-5-1-2-7-19(17)28-23-20/h1-2,5,7,16,18H,3-4,6,8-15,22H2/t18-/m0/s1. The van der Waals surface area contributed by atoms with E-state index in [0.29, 0.717) is 5.92 Å². The molecule has 2 fully saturated rings. The van der Waals surface area contributed by atoms with Gasteiger partial charge in [-0.25, -0.2) is 0 Å². The molecule has 0 bridgehead atoms. The van der Waals surface area contributed by atoms with Crippen molar-refractivity contribution in [3.8, 4) is 0 Å². The average molecular weight is 419 g/mol. The number of amides is 1. The molecule has 152 valence electrons. The Kier molecular flexibility index (Phi) is 6.88. The summed E-state index contributed by atoms with van der Waals surface area (Å²) in [5.74, 6) is 2.60. The maximum absolute atomic E-state index is 12.3. The fourth-order valence-corrected chi connectivity index (χ4v) is 6.09. The maximum Gasteiger partial charge on any atom is 0.240 e. The number of hydrogen-bond donors (Lipinski definition) is 1. The summed E-state index contributed by atoms with van der Waals surface area (Å²) in [5.41, 5.74) is 7.42. The third kappa shape index (κ3) is 4.70. The second-order valence-electron chi connectivity index (χ2n) is 7.92. The van der Waals surface area contributed by atoms with Gasteiger partial charge in [-0.15, -0.1) is 11.8 Å². The highest BCUT2D eigenvalue weighted by molar-refractivity contribution is 7.99. The second kappa shape index (κ2) is 9.57. The van der Waals surface area contributed by atoms with Crippen molar-refractivity contribution in [1.29, 1.82) is 0 Å². The number of benzene rings is 1. The number of hydrogen-bond acceptors (Lipinski definition) is 6. The van der Waals surface area contributed by atoms with Crippen LogP contribution in [0.5, 0.6) is 0 Å². The molecule has 0 aliphatic carbocycles. The first-order valence-corrected chi connectivity index (χ1v) is 12.3. The van der Waals surface area contributed by atoms with Gasteiger partial charge in [-0.1, -0.05) is 24.6 Å². The van der Waals surface area contributed by atoms with E-state index in [1.54, 1.807) is 11.5 Å². The zero-order valence-corrected chi connectivity index (χ0v) is 18.0. The average Bonchev–Trinajstić information content (AvgIpc) is 3.41. The lowest BCUT2D eigenvalue weighted by Crippen LogP contribution is -2.42. The Morgan fingerprint density at radius 1 is 1.21 bits per heavy atom. The maximum atomic E-state index is 12.3. The highest BCUT2D eigenvalue weighted by Crippen LogP contribution is 2.34. The number of thioether (sulfide) groups is 1. The summed E-state index contributed by atoms with van der Waals surface area (Å²) in [7, 11) is 0. The predicted octanol–water partition coefficient (Wildman–Crippen LogP) is 3.51. The SMILES string of the molecule is N[C@@H](CCCCN1CCC(c2nsc3ccccc23)CC1)C(=O)N1CCSC1. The van der Waals surface area contributed by atoms with Crippen LogP contribution in [0.2, 0.25) is 0 Å². The first kappa shape index (κ1) is 20.1. The molecule has 1 amide bonds. The fourth-order valence-electron chi connectivity index (χ4n) is 4.28. The highest BCUT2D eigenvalue weighted by atomic mass is 32.2. The molecule has 2 aliphatic heterocycles. The van der Waals surface area contributed by atoms with Gasteiger partial charge in [-0.2, -0.15) is 4.37 Å². The minimum Gasteiger partial charge on any atom is -0.331 e. The molecular formula is C21H30N4OS2. The Balaban J connectivity index is 1.16. The lowest BCUT2D eigenvalue weighted by Gasteiger charge is -2.31. The molecule has 4 rings (SSSR count). The van der Waals surface area contributed by atoms with Crippen LogP contribution in [0.1, 0.15) is 43.7 Å². The van der Waals surface area contributed by atoms with Crippen molar-refractivity contribution in [2.75, 3.05) is 37.8 Å². The molecule has 1 atom stereocenters. The van der Waals surface area contributed by atoms with Crippen molar-refractivity contribution in [2.24, 2.45) is 5.73 Å². The van der Waals surface area contributed by atoms with Gasteiger partial charge in [0.05, 0.1) is 22.3 Å². The van der Waals surface area contributed by atoms with Gasteiger partial charge in [-0.05, 0) is 62.9 Å². The molecule has 2 aromatic rings. The molecule has 2 N–H and O–H groups in total. The zero-order valence-electron chi connectivity index (χ0n) is 16.4. The minimum atomic E-state index is -0.317. The number of unbranched alkanes of at least 4 members (excludes halogenated alkanes) is 1. The van der Waals surface area contributed by atoms with Crippen molar-refractivity contribution in [1.82, 2.24) is 14.2 Å². The fraction of sp³-hybridized carbons (Fsp3) is 0.619. The quantitative estimate of drug-likeness (QED) is 0.697. The molecule has 0 unspecified atom stereocenters. The lowest BCUT2D eigenvalue weighted by atomic mass is 9.91. The third-order valence-electron chi connectivity index (χ3n) is 6.00. The molecular weight excluding hydrogens is 388 g/mol. The number of nitrogens with zero attached hydrogens (tertiary/aromatic N) is 3. The van der Waals surface area contributed by atoms with Crippen molar-refractivity contribution in [2.45, 2.75) is 44.1 Å². The van der Waals surface area contributed by atoms with Crippen LogP contribution in [-0.2, 0) is 4.79 Å². The zero-order chi connectivity index (χ0) is 19.3. The smallest absolute Gasteiger partial charge is 0.240 e. The van der Waals surface area contributed by atoms with Crippen molar-refractivity contribution in [3.63, 3.8) is 0 Å². The van der Waals surface area contributed by atoms with Crippen molar-refractivity contribution >= 4 is 39.3 Å². The van der Waals surface area contributed by atoms with Gasteiger partial charge in [0.1, 0.15) is 0 Å². The van der Waals surface area contributed by atoms with Crippen LogP contribution in [0.4, 0.5) is 0 Å². The van der Waals surface area contributed by atoms with Gasteiger partial charge in [-0.3, -0.25) is 4.79 Å². The summed E-state index contributed by atoms with van der Waals surface area (Å²) in [6.07, 6.45) is 5.35. The summed E-state index contributed by atoms with van der Waals surface area (Å²) >= 11 is 3.45. The van der Waals surface area contributed by atoms with E-state index in [1.165, 1.54) is 28.6 Å². The monoisotopic (exact) mass is 418 g/mol. The molecule has 0 radical (unpaired) electrons. The molecule has 1 aromatic carbocycles. The van der Waals surface area contributed by atoms with E-state index >= 15 is 0 Å². The number of likely N-dealkylation sites (tertiary alicyclic amines) is 1. The van der Waals surface area contributed by atoms with Crippen LogP contribution in [0, 0.1) is 0 Å². The first-order valence-electron chi connectivity index (χ1n) is 10.4. The van der Waals surface area contributed by atoms with E-state index < -0.39 is 0 Å². The molecule has 2 saturated heterocycles. The number of fused-ring (bicyclic) bond motifs is 1. The van der Waals surface area contributed by atoms with Gasteiger partial charge < -0.3 is 15.5 Å². The number of carbonyl (C=O) groups excluding carboxylic acids is 1. The normalized spacial score (nSPS) is 20.1.